The van der Waals surface area contributed by atoms with Gasteiger partial charge in [-0.2, -0.15) is 17.2 Å². The Morgan fingerprint density at radius 3 is 2.08 bits per heavy atom. The number of esters is 1. The fourth-order valence-corrected chi connectivity index (χ4v) is 3.41. The number of hydrogen-bond acceptors (Lipinski definition) is 4. The minimum Gasteiger partial charge on any atom is -0.464 e. The van der Waals surface area contributed by atoms with E-state index in [4.69, 9.17) is 0 Å². The van der Waals surface area contributed by atoms with E-state index in [0.29, 0.717) is 12.7 Å². The topological polar surface area (TPSA) is 76.0 Å². The monoisotopic (exact) mass is 390 g/mol. The van der Waals surface area contributed by atoms with Gasteiger partial charge < -0.3 is 9.64 Å². The first-order valence-corrected chi connectivity index (χ1v) is 9.50. The highest BCUT2D eigenvalue weighted by Crippen LogP contribution is 2.26. The van der Waals surface area contributed by atoms with Crippen molar-refractivity contribution in [3.05, 3.63) is 35.9 Å². The van der Waals surface area contributed by atoms with Crippen LogP contribution in [0.3, 0.4) is 0 Å². The molecule has 0 amide bonds. The van der Waals surface area contributed by atoms with Gasteiger partial charge in [0.05, 0.1) is 7.11 Å². The first kappa shape index (κ1) is 22.0. The minimum atomic E-state index is -5.46. The highest BCUT2D eigenvalue weighted by molar-refractivity contribution is 7.92. The van der Waals surface area contributed by atoms with Gasteiger partial charge >= 0.3 is 21.2 Å². The van der Waals surface area contributed by atoms with E-state index >= 15 is 0 Å². The molecule has 1 aromatic rings. The number of amidine groups is 1. The Morgan fingerprint density at radius 2 is 1.65 bits per heavy atom. The molecule has 146 valence electrons. The fraction of sp³-hybridized carbons (Fsp3) is 0.529. The van der Waals surface area contributed by atoms with Crippen LogP contribution in [0.2, 0.25) is 0 Å². The van der Waals surface area contributed by atoms with Crippen LogP contribution in [-0.2, 0) is 26.0 Å². The fourth-order valence-electron chi connectivity index (χ4n) is 2.56. The largest absolute Gasteiger partial charge is 0.464 e. The molecule has 0 aromatic heterocycles. The van der Waals surface area contributed by atoms with Crippen LogP contribution in [-0.4, -0.2) is 49.6 Å². The summed E-state index contributed by atoms with van der Waals surface area (Å²) in [6.07, 6.45) is 0.0215. The summed E-state index contributed by atoms with van der Waals surface area (Å²) in [4.78, 5) is 12.8. The molecule has 0 saturated carbocycles. The molecule has 0 unspecified atom stereocenters. The second-order valence-electron chi connectivity index (χ2n) is 6.25. The standard InChI is InChI=1S/C17H24F2N2O4S/c1-12(2)21(13(3)4)15(11-14-9-7-6-8-10-14)20-26(23,24)17(18,19)16(22)25-5/h6-10,12-13H,11H2,1-5H3/b20-15-. The molecule has 26 heavy (non-hydrogen) atoms. The van der Waals surface area contributed by atoms with Crippen molar-refractivity contribution < 1.29 is 26.7 Å². The summed E-state index contributed by atoms with van der Waals surface area (Å²) in [5.74, 6) is -2.23. The second kappa shape index (κ2) is 8.57. The van der Waals surface area contributed by atoms with E-state index < -0.39 is 21.2 Å². The van der Waals surface area contributed by atoms with E-state index in [2.05, 4.69) is 9.13 Å². The molecule has 1 rings (SSSR count). The molecule has 0 bridgehead atoms. The van der Waals surface area contributed by atoms with E-state index in [1.807, 2.05) is 0 Å². The summed E-state index contributed by atoms with van der Waals surface area (Å²) in [5, 5.41) is -4.76. The van der Waals surface area contributed by atoms with Crippen LogP contribution in [0.4, 0.5) is 8.78 Å². The number of ether oxygens (including phenoxy) is 1. The van der Waals surface area contributed by atoms with E-state index in [1.54, 1.807) is 62.9 Å². The van der Waals surface area contributed by atoms with Gasteiger partial charge in [0.15, 0.2) is 0 Å². The Hall–Kier alpha value is -2.03. The molecule has 0 saturated heterocycles. The van der Waals surface area contributed by atoms with E-state index in [9.17, 15) is 22.0 Å². The summed E-state index contributed by atoms with van der Waals surface area (Å²) >= 11 is 0. The lowest BCUT2D eigenvalue weighted by molar-refractivity contribution is -0.157. The molecule has 0 heterocycles. The quantitative estimate of drug-likeness (QED) is 0.407. The average molecular weight is 390 g/mol. The smallest absolute Gasteiger partial charge is 0.461 e. The van der Waals surface area contributed by atoms with Gasteiger partial charge in [0.25, 0.3) is 0 Å². The Kier molecular flexibility index (Phi) is 7.25. The number of carbonyl (C=O) groups is 1. The number of sulfonamides is 1. The molecule has 0 N–H and O–H groups in total. The summed E-state index contributed by atoms with van der Waals surface area (Å²) < 4.78 is 59.5. The predicted octanol–water partition coefficient (Wildman–Crippen LogP) is 2.84. The molecule has 6 nitrogen and oxygen atoms in total. The number of hydrogen-bond donors (Lipinski definition) is 0. The third-order valence-corrected chi connectivity index (χ3v) is 4.85. The minimum absolute atomic E-state index is 0.0215. The maximum Gasteiger partial charge on any atom is 0.461 e. The van der Waals surface area contributed by atoms with Crippen LogP contribution in [0.15, 0.2) is 34.7 Å². The molecular weight excluding hydrogens is 366 g/mol. The van der Waals surface area contributed by atoms with Crippen LogP contribution in [0.25, 0.3) is 0 Å². The van der Waals surface area contributed by atoms with E-state index in [1.165, 1.54) is 0 Å². The van der Waals surface area contributed by atoms with Gasteiger partial charge in [0.1, 0.15) is 5.84 Å². The van der Waals surface area contributed by atoms with Crippen molar-refractivity contribution >= 4 is 21.8 Å². The van der Waals surface area contributed by atoms with Crippen LogP contribution < -0.4 is 0 Å². The lowest BCUT2D eigenvalue weighted by atomic mass is 10.1. The van der Waals surface area contributed by atoms with Gasteiger partial charge in [-0.3, -0.25) is 0 Å². The third-order valence-electron chi connectivity index (χ3n) is 3.59. The second-order valence-corrected chi connectivity index (χ2v) is 7.89. The van der Waals surface area contributed by atoms with Crippen LogP contribution in [0.1, 0.15) is 33.3 Å². The summed E-state index contributed by atoms with van der Waals surface area (Å²) in [6.45, 7) is 7.19. The van der Waals surface area contributed by atoms with Crippen molar-refractivity contribution in [3.8, 4) is 0 Å². The highest BCUT2D eigenvalue weighted by Gasteiger charge is 2.55. The van der Waals surface area contributed by atoms with Gasteiger partial charge in [-0.1, -0.05) is 30.3 Å². The summed E-state index contributed by atoms with van der Waals surface area (Å²) in [5.41, 5.74) is 0.703. The number of methoxy groups -OCH3 is 1. The van der Waals surface area contributed by atoms with Crippen molar-refractivity contribution in [2.45, 2.75) is 51.5 Å². The zero-order chi connectivity index (χ0) is 20.1. The number of alkyl halides is 2. The van der Waals surface area contributed by atoms with Gasteiger partial charge in [0, 0.05) is 18.5 Å². The number of carbonyl (C=O) groups excluding carboxylic acids is 1. The third kappa shape index (κ3) is 5.00. The molecule has 0 aliphatic heterocycles. The zero-order valence-corrected chi connectivity index (χ0v) is 16.3. The molecule has 0 atom stereocenters. The van der Waals surface area contributed by atoms with Gasteiger partial charge in [0.2, 0.25) is 0 Å². The van der Waals surface area contributed by atoms with Gasteiger partial charge in [-0.25, -0.2) is 4.79 Å². The molecule has 0 aliphatic rings. The molecule has 0 aliphatic carbocycles. The Labute approximate surface area is 152 Å². The van der Waals surface area contributed by atoms with Crippen molar-refractivity contribution in [1.82, 2.24) is 4.90 Å². The first-order valence-electron chi connectivity index (χ1n) is 8.06. The Balaban J connectivity index is 3.48. The van der Waals surface area contributed by atoms with E-state index in [-0.39, 0.29) is 24.3 Å². The van der Waals surface area contributed by atoms with Gasteiger partial charge in [-0.05, 0) is 33.3 Å². The number of nitrogens with zero attached hydrogens (tertiary/aromatic N) is 2. The normalized spacial score (nSPS) is 13.2. The first-order chi connectivity index (χ1) is 11.9. The molecular formula is C17H24F2N2O4S. The van der Waals surface area contributed by atoms with E-state index in [0.717, 1.165) is 0 Å². The lowest BCUT2D eigenvalue weighted by Gasteiger charge is -2.34. The van der Waals surface area contributed by atoms with Crippen LogP contribution in [0, 0.1) is 0 Å². The molecule has 0 fully saturated rings. The summed E-state index contributed by atoms with van der Waals surface area (Å²) in [6, 6.07) is 8.36. The van der Waals surface area contributed by atoms with Crippen molar-refractivity contribution in [2.24, 2.45) is 4.40 Å². The summed E-state index contributed by atoms with van der Waals surface area (Å²) in [7, 11) is -4.77. The number of halogens is 2. The molecule has 0 spiro atoms. The molecule has 0 radical (unpaired) electrons. The average Bonchev–Trinajstić information content (AvgIpc) is 2.53. The maximum atomic E-state index is 14.0. The highest BCUT2D eigenvalue weighted by atomic mass is 32.2. The Bertz CT molecular complexity index is 739. The zero-order valence-electron chi connectivity index (χ0n) is 15.4. The molecule has 9 heteroatoms. The number of benzene rings is 1. The van der Waals surface area contributed by atoms with Crippen molar-refractivity contribution in [2.75, 3.05) is 7.11 Å². The number of rotatable bonds is 7. The SMILES string of the molecule is COC(=O)C(F)(F)S(=O)(=O)/N=C(/Cc1ccccc1)N(C(C)C)C(C)C. The maximum absolute atomic E-state index is 14.0. The van der Waals surface area contributed by atoms with Crippen molar-refractivity contribution in [1.29, 1.82) is 0 Å². The predicted molar refractivity (Wildman–Crippen MR) is 95.6 cm³/mol. The lowest BCUT2D eigenvalue weighted by Crippen LogP contribution is -2.45. The van der Waals surface area contributed by atoms with Gasteiger partial charge in [-0.15, -0.1) is 4.40 Å². The van der Waals surface area contributed by atoms with Crippen LogP contribution in [0.5, 0.6) is 0 Å². The van der Waals surface area contributed by atoms with Crippen LogP contribution >= 0.6 is 0 Å². The Morgan fingerprint density at radius 1 is 1.15 bits per heavy atom. The molecule has 1 aromatic carbocycles. The van der Waals surface area contributed by atoms with Crippen molar-refractivity contribution in [3.63, 3.8) is 0 Å².